The lowest BCUT2D eigenvalue weighted by Gasteiger charge is -2.15. The normalized spacial score (nSPS) is 24.6. The Morgan fingerprint density at radius 1 is 1.30 bits per heavy atom. The number of piperidine rings is 1. The van der Waals surface area contributed by atoms with Gasteiger partial charge < -0.3 is 0 Å². The Morgan fingerprint density at radius 2 is 2.00 bits per heavy atom. The molecule has 1 aliphatic heterocycles. The molecule has 1 aliphatic carbocycles. The van der Waals surface area contributed by atoms with Crippen LogP contribution in [0.1, 0.15) is 12.2 Å². The lowest BCUT2D eigenvalue weighted by atomic mass is 10.4. The van der Waals surface area contributed by atoms with E-state index in [2.05, 4.69) is 15.1 Å². The number of nitrogens with zero attached hydrogens (tertiary/aromatic N) is 5. The van der Waals surface area contributed by atoms with Gasteiger partial charge in [0.2, 0.25) is 11.8 Å². The first kappa shape index (κ1) is 11.8. The topological polar surface area (TPSA) is 81.0 Å². The fourth-order valence-electron chi connectivity index (χ4n) is 2.65. The fraction of sp³-hybridized carbons (Fsp3) is 0.417. The summed E-state index contributed by atoms with van der Waals surface area (Å²) in [5.74, 6) is -0.111. The van der Waals surface area contributed by atoms with Gasteiger partial charge in [-0.25, -0.2) is 9.97 Å². The van der Waals surface area contributed by atoms with Crippen molar-refractivity contribution in [2.45, 2.75) is 13.0 Å². The number of aromatic nitrogens is 4. The predicted octanol–water partition coefficient (Wildman–Crippen LogP) is 0.522. The SMILES string of the molecule is Cn1ncc2c(Cl)nc(CN3C(=O)C4CC4C3=O)nc21. The Morgan fingerprint density at radius 3 is 2.70 bits per heavy atom. The number of rotatable bonds is 2. The molecule has 2 unspecified atom stereocenters. The summed E-state index contributed by atoms with van der Waals surface area (Å²) in [7, 11) is 1.75. The number of halogens is 1. The van der Waals surface area contributed by atoms with E-state index in [0.717, 1.165) is 0 Å². The molecular weight excluding hydrogens is 282 g/mol. The number of fused-ring (bicyclic) bond motifs is 2. The van der Waals surface area contributed by atoms with E-state index in [1.54, 1.807) is 17.9 Å². The molecule has 0 aromatic carbocycles. The third-order valence-electron chi connectivity index (χ3n) is 3.85. The molecule has 20 heavy (non-hydrogen) atoms. The summed E-state index contributed by atoms with van der Waals surface area (Å²) in [6.45, 7) is 0.0749. The van der Waals surface area contributed by atoms with Crippen LogP contribution in [0.4, 0.5) is 0 Å². The van der Waals surface area contributed by atoms with E-state index in [0.29, 0.717) is 23.3 Å². The molecule has 4 rings (SSSR count). The highest BCUT2D eigenvalue weighted by Gasteiger charge is 2.58. The highest BCUT2D eigenvalue weighted by molar-refractivity contribution is 6.33. The van der Waals surface area contributed by atoms with E-state index in [4.69, 9.17) is 11.6 Å². The highest BCUT2D eigenvalue weighted by atomic mass is 35.5. The largest absolute Gasteiger partial charge is 0.274 e. The third kappa shape index (κ3) is 1.49. The first-order chi connectivity index (χ1) is 9.56. The van der Waals surface area contributed by atoms with Crippen molar-refractivity contribution < 1.29 is 9.59 Å². The number of hydrogen-bond donors (Lipinski definition) is 0. The zero-order valence-electron chi connectivity index (χ0n) is 10.6. The molecule has 8 heteroatoms. The summed E-state index contributed by atoms with van der Waals surface area (Å²) >= 11 is 6.08. The Labute approximate surface area is 118 Å². The van der Waals surface area contributed by atoms with Crippen LogP contribution in [0.3, 0.4) is 0 Å². The average molecular weight is 292 g/mol. The lowest BCUT2D eigenvalue weighted by molar-refractivity contribution is -0.142. The maximum Gasteiger partial charge on any atom is 0.233 e. The van der Waals surface area contributed by atoms with Crippen LogP contribution >= 0.6 is 11.6 Å². The molecule has 2 aliphatic rings. The minimum absolute atomic E-state index is 0.0749. The minimum atomic E-state index is -0.121. The maximum atomic E-state index is 11.9. The summed E-state index contributed by atoms with van der Waals surface area (Å²) in [5, 5.41) is 4.99. The molecule has 2 atom stereocenters. The van der Waals surface area contributed by atoms with Crippen LogP contribution in [0.15, 0.2) is 6.20 Å². The Balaban J connectivity index is 1.71. The summed E-state index contributed by atoms with van der Waals surface area (Å²) in [5.41, 5.74) is 0.587. The first-order valence-corrected chi connectivity index (χ1v) is 6.63. The Kier molecular flexibility index (Phi) is 2.21. The summed E-state index contributed by atoms with van der Waals surface area (Å²) in [6.07, 6.45) is 2.28. The second kappa shape index (κ2) is 3.76. The third-order valence-corrected chi connectivity index (χ3v) is 4.14. The summed E-state index contributed by atoms with van der Waals surface area (Å²) in [4.78, 5) is 33.5. The van der Waals surface area contributed by atoms with Crippen LogP contribution in [0.5, 0.6) is 0 Å². The van der Waals surface area contributed by atoms with Crippen LogP contribution in [-0.4, -0.2) is 36.5 Å². The van der Waals surface area contributed by atoms with Crippen molar-refractivity contribution in [3.05, 3.63) is 17.2 Å². The van der Waals surface area contributed by atoms with Crippen LogP contribution < -0.4 is 0 Å². The first-order valence-electron chi connectivity index (χ1n) is 6.25. The van der Waals surface area contributed by atoms with Crippen molar-refractivity contribution in [3.8, 4) is 0 Å². The highest BCUT2D eigenvalue weighted by Crippen LogP contribution is 2.47. The summed E-state index contributed by atoms with van der Waals surface area (Å²) in [6, 6.07) is 0. The quantitative estimate of drug-likeness (QED) is 0.595. The van der Waals surface area contributed by atoms with E-state index < -0.39 is 0 Å². The molecule has 2 amide bonds. The van der Waals surface area contributed by atoms with E-state index in [1.165, 1.54) is 4.90 Å². The Bertz CT molecular complexity index is 751. The van der Waals surface area contributed by atoms with Gasteiger partial charge in [0.05, 0.1) is 30.0 Å². The second-order valence-electron chi connectivity index (χ2n) is 5.15. The fourth-order valence-corrected chi connectivity index (χ4v) is 2.88. The van der Waals surface area contributed by atoms with Crippen LogP contribution in [0.25, 0.3) is 11.0 Å². The molecule has 1 saturated heterocycles. The van der Waals surface area contributed by atoms with Gasteiger partial charge in [-0.05, 0) is 6.42 Å². The molecule has 2 fully saturated rings. The molecule has 0 bridgehead atoms. The van der Waals surface area contributed by atoms with Gasteiger partial charge in [-0.1, -0.05) is 11.6 Å². The van der Waals surface area contributed by atoms with Crippen LogP contribution in [-0.2, 0) is 23.2 Å². The minimum Gasteiger partial charge on any atom is -0.274 e. The van der Waals surface area contributed by atoms with Gasteiger partial charge >= 0.3 is 0 Å². The molecule has 7 nitrogen and oxygen atoms in total. The number of likely N-dealkylation sites (tertiary alicyclic amines) is 1. The number of imide groups is 1. The van der Waals surface area contributed by atoms with E-state index >= 15 is 0 Å². The second-order valence-corrected chi connectivity index (χ2v) is 5.51. The van der Waals surface area contributed by atoms with Crippen molar-refractivity contribution in [3.63, 3.8) is 0 Å². The van der Waals surface area contributed by atoms with E-state index in [1.807, 2.05) is 0 Å². The molecule has 102 valence electrons. The van der Waals surface area contributed by atoms with Crippen LogP contribution in [0.2, 0.25) is 5.15 Å². The lowest BCUT2D eigenvalue weighted by Crippen LogP contribution is -2.33. The number of hydrogen-bond acceptors (Lipinski definition) is 5. The molecule has 0 N–H and O–H groups in total. The predicted molar refractivity (Wildman–Crippen MR) is 68.5 cm³/mol. The smallest absolute Gasteiger partial charge is 0.233 e. The van der Waals surface area contributed by atoms with Crippen LogP contribution in [0, 0.1) is 11.8 Å². The zero-order valence-corrected chi connectivity index (χ0v) is 11.3. The van der Waals surface area contributed by atoms with Crippen molar-refractivity contribution >= 4 is 34.4 Å². The van der Waals surface area contributed by atoms with Gasteiger partial charge in [-0.15, -0.1) is 0 Å². The standard InChI is InChI=1S/C12H10ClN5O2/c1-17-10-7(3-14-17)9(13)15-8(16-10)4-18-11(19)5-2-6(5)12(18)20/h3,5-6H,2,4H2,1H3. The number of carbonyl (C=O) groups excluding carboxylic acids is 2. The van der Waals surface area contributed by atoms with Gasteiger partial charge in [0, 0.05) is 7.05 Å². The average Bonchev–Trinajstić information content (AvgIpc) is 3.08. The number of aryl methyl sites for hydroxylation is 1. The molecule has 2 aromatic rings. The van der Waals surface area contributed by atoms with Crippen molar-refractivity contribution in [1.29, 1.82) is 0 Å². The Hall–Kier alpha value is -2.02. The van der Waals surface area contributed by atoms with Crippen molar-refractivity contribution in [2.24, 2.45) is 18.9 Å². The molecule has 3 heterocycles. The van der Waals surface area contributed by atoms with Crippen molar-refractivity contribution in [1.82, 2.24) is 24.6 Å². The van der Waals surface area contributed by atoms with E-state index in [-0.39, 0.29) is 35.3 Å². The molecule has 0 spiro atoms. The van der Waals surface area contributed by atoms with Gasteiger partial charge in [-0.2, -0.15) is 5.10 Å². The monoisotopic (exact) mass is 291 g/mol. The van der Waals surface area contributed by atoms with Gasteiger partial charge in [0.1, 0.15) is 5.15 Å². The molecule has 2 aromatic heterocycles. The molecular formula is C12H10ClN5O2. The van der Waals surface area contributed by atoms with Gasteiger partial charge in [0.25, 0.3) is 0 Å². The number of carbonyl (C=O) groups is 2. The zero-order chi connectivity index (χ0) is 14.0. The van der Waals surface area contributed by atoms with Crippen molar-refractivity contribution in [2.75, 3.05) is 0 Å². The molecule has 0 radical (unpaired) electrons. The van der Waals surface area contributed by atoms with Gasteiger partial charge in [-0.3, -0.25) is 19.2 Å². The molecule has 1 saturated carbocycles. The van der Waals surface area contributed by atoms with Gasteiger partial charge in [0.15, 0.2) is 11.5 Å². The van der Waals surface area contributed by atoms with E-state index in [9.17, 15) is 9.59 Å². The summed E-state index contributed by atoms with van der Waals surface area (Å²) < 4.78 is 1.58. The maximum absolute atomic E-state index is 11.9. The number of amides is 2.